The van der Waals surface area contributed by atoms with Crippen LogP contribution in [0.15, 0.2) is 53.6 Å². The molecule has 3 rings (SSSR count). The summed E-state index contributed by atoms with van der Waals surface area (Å²) < 4.78 is 5.09. The lowest BCUT2D eigenvalue weighted by molar-refractivity contribution is 0.0956. The molecule has 3 aromatic rings. The average Bonchev–Trinajstić information content (AvgIpc) is 2.77. The van der Waals surface area contributed by atoms with E-state index in [1.165, 1.54) is 32.2 Å². The fourth-order valence-electron chi connectivity index (χ4n) is 3.28. The van der Waals surface area contributed by atoms with E-state index in [9.17, 15) is 9.90 Å². The lowest BCUT2D eigenvalue weighted by Gasteiger charge is -2.09. The summed E-state index contributed by atoms with van der Waals surface area (Å²) in [6, 6.07) is 14.3. The number of aromatic nitrogens is 1. The van der Waals surface area contributed by atoms with Crippen molar-refractivity contribution in [2.75, 3.05) is 7.11 Å². The van der Waals surface area contributed by atoms with Gasteiger partial charge in [-0.2, -0.15) is 5.10 Å². The highest BCUT2D eigenvalue weighted by Crippen LogP contribution is 2.25. The number of hydrogen-bond donors (Lipinski definition) is 2. The summed E-state index contributed by atoms with van der Waals surface area (Å²) in [5.41, 5.74) is 5.58. The minimum atomic E-state index is -0.287. The van der Waals surface area contributed by atoms with Crippen molar-refractivity contribution in [3.63, 3.8) is 0 Å². The standard InChI is InChI=1S/C24H27N3O3/c1-3-4-5-6-9-18-15-20(19-10-7-8-11-21(19)26-18)24(29)27-25-16-17-12-13-22(28)23(14-17)30-2/h7-8,10-16,28H,3-6,9H2,1-2H3,(H,27,29). The van der Waals surface area contributed by atoms with E-state index in [1.807, 2.05) is 30.3 Å². The lowest BCUT2D eigenvalue weighted by atomic mass is 10.0. The molecular weight excluding hydrogens is 378 g/mol. The predicted octanol–water partition coefficient (Wildman–Crippen LogP) is 4.84. The number of carbonyl (C=O) groups is 1. The molecule has 0 aliphatic heterocycles. The second-order valence-electron chi connectivity index (χ2n) is 7.12. The molecule has 6 nitrogen and oxygen atoms in total. The quantitative estimate of drug-likeness (QED) is 0.303. The first-order valence-electron chi connectivity index (χ1n) is 10.2. The highest BCUT2D eigenvalue weighted by molar-refractivity contribution is 6.06. The third-order valence-corrected chi connectivity index (χ3v) is 4.88. The topological polar surface area (TPSA) is 83.8 Å². The van der Waals surface area contributed by atoms with Crippen LogP contribution < -0.4 is 10.2 Å². The van der Waals surface area contributed by atoms with Crippen LogP contribution in [-0.2, 0) is 6.42 Å². The monoisotopic (exact) mass is 405 g/mol. The zero-order valence-corrected chi connectivity index (χ0v) is 17.4. The molecule has 0 saturated heterocycles. The van der Waals surface area contributed by atoms with E-state index >= 15 is 0 Å². The van der Waals surface area contributed by atoms with Crippen LogP contribution in [0.3, 0.4) is 0 Å². The summed E-state index contributed by atoms with van der Waals surface area (Å²) in [5, 5.41) is 14.5. The number of pyridine rings is 1. The van der Waals surface area contributed by atoms with E-state index < -0.39 is 0 Å². The molecular formula is C24H27N3O3. The Balaban J connectivity index is 1.77. The molecule has 1 amide bonds. The number of aryl methyl sites for hydroxylation is 1. The molecule has 0 fully saturated rings. The first-order chi connectivity index (χ1) is 14.6. The summed E-state index contributed by atoms with van der Waals surface area (Å²) in [4.78, 5) is 17.6. The summed E-state index contributed by atoms with van der Waals surface area (Å²) in [6.07, 6.45) is 6.96. The molecule has 1 heterocycles. The minimum Gasteiger partial charge on any atom is -0.504 e. The number of carbonyl (C=O) groups excluding carboxylic acids is 1. The van der Waals surface area contributed by atoms with Gasteiger partial charge in [0.05, 0.1) is 24.4 Å². The number of phenols is 1. The number of aromatic hydroxyl groups is 1. The molecule has 6 heteroatoms. The molecule has 30 heavy (non-hydrogen) atoms. The number of para-hydroxylation sites is 1. The van der Waals surface area contributed by atoms with Crippen LogP contribution in [-0.4, -0.2) is 29.3 Å². The predicted molar refractivity (Wildman–Crippen MR) is 119 cm³/mol. The second kappa shape index (κ2) is 10.4. The van der Waals surface area contributed by atoms with Gasteiger partial charge in [-0.25, -0.2) is 5.43 Å². The third-order valence-electron chi connectivity index (χ3n) is 4.88. The Morgan fingerprint density at radius 1 is 1.17 bits per heavy atom. The number of benzene rings is 2. The van der Waals surface area contributed by atoms with Gasteiger partial charge in [-0.15, -0.1) is 0 Å². The number of hydrazone groups is 1. The number of unbranched alkanes of at least 4 members (excludes halogenated alkanes) is 3. The maximum absolute atomic E-state index is 12.8. The number of ether oxygens (including phenoxy) is 1. The summed E-state index contributed by atoms with van der Waals surface area (Å²) in [7, 11) is 1.48. The fraction of sp³-hybridized carbons (Fsp3) is 0.292. The molecule has 0 saturated carbocycles. The van der Waals surface area contributed by atoms with Crippen molar-refractivity contribution in [3.05, 3.63) is 65.4 Å². The van der Waals surface area contributed by atoms with Gasteiger partial charge >= 0.3 is 0 Å². The minimum absolute atomic E-state index is 0.0495. The van der Waals surface area contributed by atoms with Crippen LogP contribution in [0.1, 0.15) is 54.2 Å². The van der Waals surface area contributed by atoms with Gasteiger partial charge in [-0.3, -0.25) is 9.78 Å². The van der Waals surface area contributed by atoms with E-state index in [2.05, 4.69) is 17.5 Å². The fourth-order valence-corrected chi connectivity index (χ4v) is 3.28. The molecule has 0 radical (unpaired) electrons. The van der Waals surface area contributed by atoms with Gasteiger partial charge in [-0.05, 0) is 48.7 Å². The SMILES string of the molecule is CCCCCCc1cc(C(=O)NN=Cc2ccc(O)c(OC)c2)c2ccccc2n1. The van der Waals surface area contributed by atoms with Crippen LogP contribution in [0.4, 0.5) is 0 Å². The van der Waals surface area contributed by atoms with Crippen LogP contribution in [0.25, 0.3) is 10.9 Å². The number of methoxy groups -OCH3 is 1. The number of amides is 1. The molecule has 0 aliphatic rings. The Morgan fingerprint density at radius 3 is 2.80 bits per heavy atom. The van der Waals surface area contributed by atoms with E-state index in [0.29, 0.717) is 16.9 Å². The normalized spacial score (nSPS) is 11.1. The lowest BCUT2D eigenvalue weighted by Crippen LogP contribution is -2.18. The number of nitrogens with one attached hydrogen (secondary N) is 1. The second-order valence-corrected chi connectivity index (χ2v) is 7.12. The summed E-state index contributed by atoms with van der Waals surface area (Å²) >= 11 is 0. The number of nitrogens with zero attached hydrogens (tertiary/aromatic N) is 2. The molecule has 0 atom stereocenters. The van der Waals surface area contributed by atoms with Gasteiger partial charge in [0.1, 0.15) is 0 Å². The van der Waals surface area contributed by atoms with Gasteiger partial charge in [0, 0.05) is 11.1 Å². The Kier molecular flexibility index (Phi) is 7.38. The number of phenolic OH excluding ortho intramolecular Hbond substituents is 1. The zero-order valence-electron chi connectivity index (χ0n) is 17.4. The number of rotatable bonds is 9. The number of hydrogen-bond acceptors (Lipinski definition) is 5. The third kappa shape index (κ3) is 5.35. The molecule has 0 spiro atoms. The smallest absolute Gasteiger partial charge is 0.272 e. The number of fused-ring (bicyclic) bond motifs is 1. The Labute approximate surface area is 176 Å². The Morgan fingerprint density at radius 2 is 2.00 bits per heavy atom. The van der Waals surface area contributed by atoms with Gasteiger partial charge in [-0.1, -0.05) is 44.4 Å². The molecule has 0 unspecified atom stereocenters. The van der Waals surface area contributed by atoms with Crippen LogP contribution >= 0.6 is 0 Å². The van der Waals surface area contributed by atoms with E-state index in [1.54, 1.807) is 12.1 Å². The first kappa shape index (κ1) is 21.3. The molecule has 0 aliphatic carbocycles. The van der Waals surface area contributed by atoms with Gasteiger partial charge in [0.2, 0.25) is 0 Å². The first-order valence-corrected chi connectivity index (χ1v) is 10.2. The van der Waals surface area contributed by atoms with Crippen molar-refractivity contribution in [2.45, 2.75) is 39.0 Å². The van der Waals surface area contributed by atoms with Crippen molar-refractivity contribution >= 4 is 23.0 Å². The van der Waals surface area contributed by atoms with Crippen molar-refractivity contribution in [1.29, 1.82) is 0 Å². The Bertz CT molecular complexity index is 1050. The van der Waals surface area contributed by atoms with Crippen molar-refractivity contribution in [2.24, 2.45) is 5.10 Å². The molecule has 2 aromatic carbocycles. The summed E-state index contributed by atoms with van der Waals surface area (Å²) in [6.45, 7) is 2.19. The van der Waals surface area contributed by atoms with Gasteiger partial charge in [0.25, 0.3) is 5.91 Å². The molecule has 1 aromatic heterocycles. The van der Waals surface area contributed by atoms with Crippen molar-refractivity contribution in [3.8, 4) is 11.5 Å². The van der Waals surface area contributed by atoms with Gasteiger partial charge in [0.15, 0.2) is 11.5 Å². The average molecular weight is 405 g/mol. The largest absolute Gasteiger partial charge is 0.504 e. The van der Waals surface area contributed by atoms with Crippen molar-refractivity contribution < 1.29 is 14.6 Å². The molecule has 0 bridgehead atoms. The van der Waals surface area contributed by atoms with Crippen LogP contribution in [0.2, 0.25) is 0 Å². The van der Waals surface area contributed by atoms with E-state index in [4.69, 9.17) is 9.72 Å². The van der Waals surface area contributed by atoms with E-state index in [0.717, 1.165) is 35.9 Å². The van der Waals surface area contributed by atoms with Crippen LogP contribution in [0.5, 0.6) is 11.5 Å². The Hall–Kier alpha value is -3.41. The van der Waals surface area contributed by atoms with E-state index in [-0.39, 0.29) is 11.7 Å². The zero-order chi connectivity index (χ0) is 21.3. The molecule has 156 valence electrons. The maximum Gasteiger partial charge on any atom is 0.272 e. The summed E-state index contributed by atoms with van der Waals surface area (Å²) in [5.74, 6) is 0.108. The highest BCUT2D eigenvalue weighted by atomic mass is 16.5. The van der Waals surface area contributed by atoms with Crippen molar-refractivity contribution in [1.82, 2.24) is 10.4 Å². The highest BCUT2D eigenvalue weighted by Gasteiger charge is 2.12. The van der Waals surface area contributed by atoms with Crippen LogP contribution in [0, 0.1) is 0 Å². The molecule has 2 N–H and O–H groups in total. The maximum atomic E-state index is 12.8. The van der Waals surface area contributed by atoms with Gasteiger partial charge < -0.3 is 9.84 Å².